The van der Waals surface area contributed by atoms with Crippen molar-refractivity contribution >= 4 is 16.0 Å². The number of nitrogens with two attached hydrogens (primary N) is 1. The summed E-state index contributed by atoms with van der Waals surface area (Å²) in [5.41, 5.74) is 7.70. The topological polar surface area (TPSA) is 109 Å². The van der Waals surface area contributed by atoms with Crippen LogP contribution >= 0.6 is 0 Å². The number of rotatable bonds is 8. The molecule has 25 heavy (non-hydrogen) atoms. The van der Waals surface area contributed by atoms with Crippen molar-refractivity contribution in [3.63, 3.8) is 0 Å². The predicted molar refractivity (Wildman–Crippen MR) is 96.6 cm³/mol. The van der Waals surface area contributed by atoms with Crippen LogP contribution in [0.25, 0.3) is 0 Å². The Kier molecular flexibility index (Phi) is 6.69. The van der Waals surface area contributed by atoms with Gasteiger partial charge in [-0.15, -0.1) is 0 Å². The van der Waals surface area contributed by atoms with Gasteiger partial charge in [0.1, 0.15) is 0 Å². The zero-order valence-electron chi connectivity index (χ0n) is 13.7. The van der Waals surface area contributed by atoms with Crippen molar-refractivity contribution in [2.45, 2.75) is 24.9 Å². The van der Waals surface area contributed by atoms with Crippen molar-refractivity contribution in [2.75, 3.05) is 5.75 Å². The molecule has 0 fully saturated rings. The number of hydrogen-bond donors (Lipinski definition) is 3. The van der Waals surface area contributed by atoms with Gasteiger partial charge in [-0.05, 0) is 24.0 Å². The Morgan fingerprint density at radius 3 is 1.92 bits per heavy atom. The molecule has 6 nitrogen and oxygen atoms in total. The molecule has 4 N–H and O–H groups in total. The summed E-state index contributed by atoms with van der Waals surface area (Å²) >= 11 is 0. The molecule has 134 valence electrons. The third-order valence-corrected chi connectivity index (χ3v) is 4.54. The van der Waals surface area contributed by atoms with Crippen LogP contribution in [0.5, 0.6) is 0 Å². The molecule has 1 amide bonds. The average Bonchev–Trinajstić information content (AvgIpc) is 2.55. The van der Waals surface area contributed by atoms with Crippen LogP contribution in [0.2, 0.25) is 0 Å². The summed E-state index contributed by atoms with van der Waals surface area (Å²) in [5, 5.41) is 2.64. The van der Waals surface area contributed by atoms with E-state index in [9.17, 15) is 13.2 Å². The first-order chi connectivity index (χ1) is 11.8. The molecule has 0 saturated carbocycles. The van der Waals surface area contributed by atoms with E-state index in [1.165, 1.54) is 0 Å². The Morgan fingerprint density at radius 2 is 1.44 bits per heavy atom. The maximum atomic E-state index is 12.3. The number of nitrogens with one attached hydrogen (secondary N) is 1. The fourth-order valence-corrected chi connectivity index (χ4v) is 3.28. The summed E-state index contributed by atoms with van der Waals surface area (Å²) in [6.45, 7) is 0. The maximum Gasteiger partial charge on any atom is 0.266 e. The van der Waals surface area contributed by atoms with Crippen LogP contribution in [0.15, 0.2) is 60.7 Å². The molecule has 0 heterocycles. The van der Waals surface area contributed by atoms with E-state index in [0.717, 1.165) is 11.1 Å². The fraction of sp³-hybridized carbons (Fsp3) is 0.278. The highest BCUT2D eigenvalue weighted by molar-refractivity contribution is 7.85. The van der Waals surface area contributed by atoms with Crippen molar-refractivity contribution in [2.24, 2.45) is 5.73 Å². The van der Waals surface area contributed by atoms with E-state index in [1.807, 2.05) is 60.7 Å². The van der Waals surface area contributed by atoms with Gasteiger partial charge in [-0.25, -0.2) is 0 Å². The molecule has 0 saturated heterocycles. The first-order valence-corrected chi connectivity index (χ1v) is 9.53. The smallest absolute Gasteiger partial charge is 0.266 e. The summed E-state index contributed by atoms with van der Waals surface area (Å²) in [4.78, 5) is 12.3. The molecule has 0 aromatic heterocycles. The first-order valence-electron chi connectivity index (χ1n) is 7.92. The van der Waals surface area contributed by atoms with Gasteiger partial charge in [0.25, 0.3) is 10.1 Å². The van der Waals surface area contributed by atoms with E-state index in [0.29, 0.717) is 6.42 Å². The molecule has 7 heteroatoms. The number of hydrogen-bond acceptors (Lipinski definition) is 4. The van der Waals surface area contributed by atoms with Crippen molar-refractivity contribution in [3.8, 4) is 0 Å². The quantitative estimate of drug-likeness (QED) is 0.611. The van der Waals surface area contributed by atoms with Crippen molar-refractivity contribution < 1.29 is 17.8 Å². The molecular formula is C18H22N2O4S. The minimum Gasteiger partial charge on any atom is -0.351 e. The Labute approximate surface area is 147 Å². The van der Waals surface area contributed by atoms with E-state index in [1.54, 1.807) is 0 Å². The summed E-state index contributed by atoms with van der Waals surface area (Å²) < 4.78 is 31.6. The Bertz CT molecular complexity index is 779. The van der Waals surface area contributed by atoms with Crippen LogP contribution in [0, 0.1) is 0 Å². The van der Waals surface area contributed by atoms with Gasteiger partial charge in [0, 0.05) is 6.04 Å². The number of benzene rings is 2. The standard InChI is InChI=1S/C18H22N2O4S/c19-17(12-15-9-5-2-6-10-15)18(21)20-16(13-25(22,23)24)11-14-7-3-1-4-8-14/h1-10,16-17H,11-13,19H2,(H,20,21)(H,22,23,24)/t16-,17-/m0/s1. The van der Waals surface area contributed by atoms with Gasteiger partial charge in [0.05, 0.1) is 11.8 Å². The first kappa shape index (κ1) is 19.1. The van der Waals surface area contributed by atoms with Gasteiger partial charge in [0.2, 0.25) is 5.91 Å². The number of carbonyl (C=O) groups is 1. The largest absolute Gasteiger partial charge is 0.351 e. The van der Waals surface area contributed by atoms with Crippen LogP contribution in [-0.4, -0.2) is 36.7 Å². The van der Waals surface area contributed by atoms with Gasteiger partial charge >= 0.3 is 0 Å². The zero-order valence-corrected chi connectivity index (χ0v) is 14.5. The Hall–Kier alpha value is -2.22. The maximum absolute atomic E-state index is 12.3. The normalized spacial score (nSPS) is 13.8. The second-order valence-electron chi connectivity index (χ2n) is 5.94. The van der Waals surface area contributed by atoms with Crippen LogP contribution in [-0.2, 0) is 27.8 Å². The molecular weight excluding hydrogens is 340 g/mol. The lowest BCUT2D eigenvalue weighted by Gasteiger charge is -2.20. The molecule has 2 aromatic rings. The summed E-state index contributed by atoms with van der Waals surface area (Å²) in [5.74, 6) is -1.01. The van der Waals surface area contributed by atoms with E-state index in [2.05, 4.69) is 5.32 Å². The molecule has 0 bridgehead atoms. The highest BCUT2D eigenvalue weighted by Crippen LogP contribution is 2.07. The van der Waals surface area contributed by atoms with Gasteiger partial charge in [-0.3, -0.25) is 9.35 Å². The summed E-state index contributed by atoms with van der Waals surface area (Å²) in [6, 6.07) is 16.9. The monoisotopic (exact) mass is 362 g/mol. The fourth-order valence-electron chi connectivity index (χ4n) is 2.57. The average molecular weight is 362 g/mol. The number of carbonyl (C=O) groups excluding carboxylic acids is 1. The summed E-state index contributed by atoms with van der Waals surface area (Å²) in [6.07, 6.45) is 0.626. The molecule has 0 unspecified atom stereocenters. The molecule has 0 aliphatic carbocycles. The second-order valence-corrected chi connectivity index (χ2v) is 7.44. The highest BCUT2D eigenvalue weighted by atomic mass is 32.2. The van der Waals surface area contributed by atoms with E-state index in [4.69, 9.17) is 10.3 Å². The highest BCUT2D eigenvalue weighted by Gasteiger charge is 2.22. The summed E-state index contributed by atoms with van der Waals surface area (Å²) in [7, 11) is -4.23. The molecule has 2 aromatic carbocycles. The number of amides is 1. The molecule has 0 aliphatic heterocycles. The van der Waals surface area contributed by atoms with Gasteiger partial charge < -0.3 is 11.1 Å². The van der Waals surface area contributed by atoms with Crippen LogP contribution in [0.4, 0.5) is 0 Å². The molecule has 0 radical (unpaired) electrons. The van der Waals surface area contributed by atoms with Crippen molar-refractivity contribution in [3.05, 3.63) is 71.8 Å². The molecule has 2 atom stereocenters. The lowest BCUT2D eigenvalue weighted by atomic mass is 10.0. The lowest BCUT2D eigenvalue weighted by molar-refractivity contribution is -0.122. The van der Waals surface area contributed by atoms with Gasteiger partial charge in [0.15, 0.2) is 0 Å². The predicted octanol–water partition coefficient (Wildman–Crippen LogP) is 1.17. The van der Waals surface area contributed by atoms with E-state index in [-0.39, 0.29) is 6.42 Å². The molecule has 0 spiro atoms. The Morgan fingerprint density at radius 1 is 0.960 bits per heavy atom. The minimum atomic E-state index is -4.23. The lowest BCUT2D eigenvalue weighted by Crippen LogP contribution is -2.49. The molecule has 2 rings (SSSR count). The molecule has 0 aliphatic rings. The third kappa shape index (κ3) is 7.04. The second kappa shape index (κ2) is 8.75. The van der Waals surface area contributed by atoms with E-state index < -0.39 is 33.9 Å². The SMILES string of the molecule is N[C@@H](Cc1ccccc1)C(=O)N[C@@H](Cc1ccccc1)CS(=O)(=O)O. The van der Waals surface area contributed by atoms with E-state index >= 15 is 0 Å². The zero-order chi connectivity index (χ0) is 18.3. The van der Waals surface area contributed by atoms with Crippen molar-refractivity contribution in [1.29, 1.82) is 0 Å². The van der Waals surface area contributed by atoms with Crippen molar-refractivity contribution in [1.82, 2.24) is 5.32 Å². The van der Waals surface area contributed by atoms with Crippen LogP contribution in [0.3, 0.4) is 0 Å². The van der Waals surface area contributed by atoms with Gasteiger partial charge in [-0.1, -0.05) is 60.7 Å². The van der Waals surface area contributed by atoms with Crippen LogP contribution in [0.1, 0.15) is 11.1 Å². The van der Waals surface area contributed by atoms with Crippen LogP contribution < -0.4 is 11.1 Å². The van der Waals surface area contributed by atoms with Gasteiger partial charge in [-0.2, -0.15) is 8.42 Å². The Balaban J connectivity index is 2.02. The minimum absolute atomic E-state index is 0.282. The third-order valence-electron chi connectivity index (χ3n) is 3.72.